The van der Waals surface area contributed by atoms with Crippen molar-refractivity contribution in [3.63, 3.8) is 0 Å². The summed E-state index contributed by atoms with van der Waals surface area (Å²) in [7, 11) is 0. The Morgan fingerprint density at radius 2 is 2.41 bits per heavy atom. The fraction of sp³-hybridized carbons (Fsp3) is 0.615. The molecule has 2 rings (SSSR count). The highest BCUT2D eigenvalue weighted by molar-refractivity contribution is 5.32. The molecule has 1 aromatic heterocycles. The van der Waals surface area contributed by atoms with Gasteiger partial charge in [-0.1, -0.05) is 0 Å². The maximum Gasteiger partial charge on any atom is 0.256 e. The van der Waals surface area contributed by atoms with E-state index in [1.807, 2.05) is 19.1 Å². The van der Waals surface area contributed by atoms with Gasteiger partial charge in [-0.15, -0.1) is 0 Å². The van der Waals surface area contributed by atoms with E-state index in [4.69, 9.17) is 9.47 Å². The van der Waals surface area contributed by atoms with Crippen molar-refractivity contribution in [1.29, 1.82) is 0 Å². The first kappa shape index (κ1) is 12.2. The highest BCUT2D eigenvalue weighted by Gasteiger charge is 2.14. The average Bonchev–Trinajstić information content (AvgIpc) is 2.39. The van der Waals surface area contributed by atoms with Crippen LogP contribution >= 0.6 is 0 Å². The molecule has 0 bridgehead atoms. The van der Waals surface area contributed by atoms with E-state index in [1.54, 1.807) is 6.20 Å². The number of rotatable bonds is 5. The lowest BCUT2D eigenvalue weighted by molar-refractivity contribution is 0.205. The molecule has 0 radical (unpaired) electrons. The summed E-state index contributed by atoms with van der Waals surface area (Å²) in [6, 6.07) is 3.78. The SMILES string of the molecule is CCOc1ncccc1OC[C@H]1CCCNC1. The van der Waals surface area contributed by atoms with Gasteiger partial charge in [0, 0.05) is 18.7 Å². The number of hydrogen-bond acceptors (Lipinski definition) is 4. The molecule has 0 unspecified atom stereocenters. The zero-order chi connectivity index (χ0) is 11.9. The first-order valence-corrected chi connectivity index (χ1v) is 6.31. The van der Waals surface area contributed by atoms with Crippen LogP contribution in [0.25, 0.3) is 0 Å². The van der Waals surface area contributed by atoms with Crippen molar-refractivity contribution in [2.24, 2.45) is 5.92 Å². The van der Waals surface area contributed by atoms with E-state index in [9.17, 15) is 0 Å². The van der Waals surface area contributed by atoms with E-state index < -0.39 is 0 Å². The predicted octanol–water partition coefficient (Wildman–Crippen LogP) is 1.86. The van der Waals surface area contributed by atoms with Gasteiger partial charge in [0.15, 0.2) is 5.75 Å². The lowest BCUT2D eigenvalue weighted by Gasteiger charge is -2.23. The van der Waals surface area contributed by atoms with Crippen molar-refractivity contribution in [1.82, 2.24) is 10.3 Å². The standard InChI is InChI=1S/C13H20N2O2/c1-2-16-13-12(6-4-8-15-13)17-10-11-5-3-7-14-9-11/h4,6,8,11,14H,2-3,5,7,9-10H2,1H3/t11-/m0/s1. The molecule has 1 aromatic rings. The number of nitrogens with zero attached hydrogens (tertiary/aromatic N) is 1. The van der Waals surface area contributed by atoms with Gasteiger partial charge in [0.25, 0.3) is 5.88 Å². The van der Waals surface area contributed by atoms with Crippen LogP contribution in [0.3, 0.4) is 0 Å². The van der Waals surface area contributed by atoms with Crippen LogP contribution in [0.4, 0.5) is 0 Å². The largest absolute Gasteiger partial charge is 0.488 e. The van der Waals surface area contributed by atoms with Crippen LogP contribution in [-0.4, -0.2) is 31.3 Å². The van der Waals surface area contributed by atoms with Crippen LogP contribution in [0, 0.1) is 5.92 Å². The minimum atomic E-state index is 0.596. The number of aromatic nitrogens is 1. The molecular formula is C13H20N2O2. The Kier molecular flexibility index (Phi) is 4.62. The van der Waals surface area contributed by atoms with Gasteiger partial charge in [0.05, 0.1) is 13.2 Å². The number of hydrogen-bond donors (Lipinski definition) is 1. The van der Waals surface area contributed by atoms with Gasteiger partial charge in [0.1, 0.15) is 0 Å². The number of pyridine rings is 1. The van der Waals surface area contributed by atoms with Crippen LogP contribution in [0.5, 0.6) is 11.6 Å². The van der Waals surface area contributed by atoms with Gasteiger partial charge >= 0.3 is 0 Å². The summed E-state index contributed by atoms with van der Waals surface area (Å²) < 4.78 is 11.2. The summed E-state index contributed by atoms with van der Waals surface area (Å²) in [4.78, 5) is 4.17. The molecular weight excluding hydrogens is 216 g/mol. The fourth-order valence-corrected chi connectivity index (χ4v) is 2.00. The van der Waals surface area contributed by atoms with Gasteiger partial charge in [-0.05, 0) is 38.4 Å². The van der Waals surface area contributed by atoms with Crippen LogP contribution in [0.2, 0.25) is 0 Å². The molecule has 0 spiro atoms. The van der Waals surface area contributed by atoms with Gasteiger partial charge in [-0.25, -0.2) is 4.98 Å². The summed E-state index contributed by atoms with van der Waals surface area (Å²) in [6.07, 6.45) is 4.19. The molecule has 2 heterocycles. The summed E-state index contributed by atoms with van der Waals surface area (Å²) in [6.45, 7) is 5.47. The monoisotopic (exact) mass is 236 g/mol. The lowest BCUT2D eigenvalue weighted by Crippen LogP contribution is -2.33. The molecule has 1 N–H and O–H groups in total. The minimum Gasteiger partial charge on any atom is -0.488 e. The third kappa shape index (κ3) is 3.60. The van der Waals surface area contributed by atoms with Crippen LogP contribution in [0.1, 0.15) is 19.8 Å². The first-order chi connectivity index (χ1) is 8.40. The Labute approximate surface area is 102 Å². The van der Waals surface area contributed by atoms with Crippen molar-refractivity contribution >= 4 is 0 Å². The van der Waals surface area contributed by atoms with E-state index in [-0.39, 0.29) is 0 Å². The lowest BCUT2D eigenvalue weighted by atomic mass is 10.0. The summed E-state index contributed by atoms with van der Waals surface area (Å²) in [5, 5.41) is 3.38. The molecule has 1 aliphatic rings. The van der Waals surface area contributed by atoms with Gasteiger partial charge < -0.3 is 14.8 Å². The van der Waals surface area contributed by atoms with Gasteiger partial charge in [-0.2, -0.15) is 0 Å². The molecule has 1 atom stereocenters. The summed E-state index contributed by atoms with van der Waals surface area (Å²) >= 11 is 0. The summed E-state index contributed by atoms with van der Waals surface area (Å²) in [5.41, 5.74) is 0. The minimum absolute atomic E-state index is 0.596. The molecule has 1 fully saturated rings. The van der Waals surface area contributed by atoms with Crippen molar-refractivity contribution in [3.8, 4) is 11.6 Å². The van der Waals surface area contributed by atoms with Crippen molar-refractivity contribution in [2.75, 3.05) is 26.3 Å². The number of nitrogens with one attached hydrogen (secondary N) is 1. The smallest absolute Gasteiger partial charge is 0.256 e. The Balaban J connectivity index is 1.88. The Morgan fingerprint density at radius 3 is 3.18 bits per heavy atom. The van der Waals surface area contributed by atoms with Crippen LogP contribution in [0.15, 0.2) is 18.3 Å². The fourth-order valence-electron chi connectivity index (χ4n) is 2.00. The third-order valence-corrected chi connectivity index (χ3v) is 2.89. The Bertz CT molecular complexity index is 338. The van der Waals surface area contributed by atoms with Crippen molar-refractivity contribution < 1.29 is 9.47 Å². The molecule has 0 amide bonds. The van der Waals surface area contributed by atoms with Crippen molar-refractivity contribution in [2.45, 2.75) is 19.8 Å². The predicted molar refractivity (Wildman–Crippen MR) is 66.5 cm³/mol. The molecule has 1 aliphatic heterocycles. The van der Waals surface area contributed by atoms with E-state index in [0.717, 1.165) is 25.4 Å². The second-order valence-corrected chi connectivity index (χ2v) is 4.26. The van der Waals surface area contributed by atoms with Crippen molar-refractivity contribution in [3.05, 3.63) is 18.3 Å². The van der Waals surface area contributed by atoms with Gasteiger partial charge in [0.2, 0.25) is 0 Å². The van der Waals surface area contributed by atoms with E-state index in [0.29, 0.717) is 18.4 Å². The zero-order valence-corrected chi connectivity index (χ0v) is 10.3. The molecule has 17 heavy (non-hydrogen) atoms. The highest BCUT2D eigenvalue weighted by Crippen LogP contribution is 2.24. The van der Waals surface area contributed by atoms with E-state index in [2.05, 4.69) is 10.3 Å². The topological polar surface area (TPSA) is 43.4 Å². The quantitative estimate of drug-likeness (QED) is 0.847. The van der Waals surface area contributed by atoms with E-state index >= 15 is 0 Å². The maximum absolute atomic E-state index is 5.80. The first-order valence-electron chi connectivity index (χ1n) is 6.31. The Hall–Kier alpha value is -1.29. The van der Waals surface area contributed by atoms with Crippen LogP contribution < -0.4 is 14.8 Å². The molecule has 4 nitrogen and oxygen atoms in total. The number of ether oxygens (including phenoxy) is 2. The molecule has 4 heteroatoms. The van der Waals surface area contributed by atoms with Crippen LogP contribution in [-0.2, 0) is 0 Å². The normalized spacial score (nSPS) is 19.9. The second-order valence-electron chi connectivity index (χ2n) is 4.26. The molecule has 0 aromatic carbocycles. The highest BCUT2D eigenvalue weighted by atomic mass is 16.5. The third-order valence-electron chi connectivity index (χ3n) is 2.89. The molecule has 0 saturated carbocycles. The zero-order valence-electron chi connectivity index (χ0n) is 10.3. The molecule has 1 saturated heterocycles. The maximum atomic E-state index is 5.80. The second kappa shape index (κ2) is 6.45. The van der Waals surface area contributed by atoms with E-state index in [1.165, 1.54) is 12.8 Å². The molecule has 94 valence electrons. The number of piperidine rings is 1. The molecule has 0 aliphatic carbocycles. The Morgan fingerprint density at radius 1 is 1.47 bits per heavy atom. The summed E-state index contributed by atoms with van der Waals surface area (Å²) in [5.74, 6) is 1.94. The van der Waals surface area contributed by atoms with Gasteiger partial charge in [-0.3, -0.25) is 0 Å². The average molecular weight is 236 g/mol.